The summed E-state index contributed by atoms with van der Waals surface area (Å²) in [4.78, 5) is 13.4. The maximum Gasteiger partial charge on any atom is 0.248 e. The third-order valence-corrected chi connectivity index (χ3v) is 2.70. The van der Waals surface area contributed by atoms with Crippen LogP contribution >= 0.6 is 0 Å². The van der Waals surface area contributed by atoms with Gasteiger partial charge in [0.1, 0.15) is 6.61 Å². The molecule has 0 aliphatic carbocycles. The maximum atomic E-state index is 11.6. The smallest absolute Gasteiger partial charge is 0.248 e. The molecule has 4 nitrogen and oxygen atoms in total. The summed E-state index contributed by atoms with van der Waals surface area (Å²) in [5.74, 6) is 0.0412. The van der Waals surface area contributed by atoms with Crippen LogP contribution in [0.1, 0.15) is 34.1 Å². The van der Waals surface area contributed by atoms with Crippen molar-refractivity contribution in [3.8, 4) is 0 Å². The van der Waals surface area contributed by atoms with E-state index in [1.54, 1.807) is 4.90 Å². The first kappa shape index (κ1) is 12.5. The lowest BCUT2D eigenvalue weighted by molar-refractivity contribution is -0.148. The topological polar surface area (TPSA) is 55.6 Å². The highest BCUT2D eigenvalue weighted by Crippen LogP contribution is 2.21. The Bertz CT molecular complexity index is 239. The van der Waals surface area contributed by atoms with Crippen LogP contribution in [0.25, 0.3) is 0 Å². The fraction of sp³-hybridized carbons (Fsp3) is 0.909. The lowest BCUT2D eigenvalue weighted by Crippen LogP contribution is -2.68. The van der Waals surface area contributed by atoms with Crippen molar-refractivity contribution >= 4 is 5.91 Å². The number of carbonyl (C=O) groups excluding carboxylic acids is 1. The Hall–Kier alpha value is -0.610. The SMILES string of the molecule is CCC1(N)CN(C(=O)COC(C)(C)C)C1. The second-order valence-corrected chi connectivity index (χ2v) is 5.37. The summed E-state index contributed by atoms with van der Waals surface area (Å²) >= 11 is 0. The van der Waals surface area contributed by atoms with Crippen LogP contribution in [0, 0.1) is 0 Å². The Kier molecular flexibility index (Phi) is 3.41. The number of ether oxygens (including phenoxy) is 1. The van der Waals surface area contributed by atoms with E-state index < -0.39 is 0 Å². The van der Waals surface area contributed by atoms with Gasteiger partial charge in [0.25, 0.3) is 0 Å². The summed E-state index contributed by atoms with van der Waals surface area (Å²) in [5.41, 5.74) is 5.56. The molecular formula is C11H22N2O2. The molecule has 0 saturated carbocycles. The van der Waals surface area contributed by atoms with Gasteiger partial charge in [0, 0.05) is 13.1 Å². The molecule has 0 aromatic rings. The zero-order chi connectivity index (χ0) is 11.7. The third-order valence-electron chi connectivity index (χ3n) is 2.70. The number of hydrogen-bond donors (Lipinski definition) is 1. The van der Waals surface area contributed by atoms with Crippen molar-refractivity contribution in [3.05, 3.63) is 0 Å². The van der Waals surface area contributed by atoms with Crippen molar-refractivity contribution in [2.45, 2.75) is 45.3 Å². The van der Waals surface area contributed by atoms with Gasteiger partial charge in [0.2, 0.25) is 5.91 Å². The van der Waals surface area contributed by atoms with Crippen molar-refractivity contribution in [2.24, 2.45) is 5.73 Å². The van der Waals surface area contributed by atoms with Gasteiger partial charge in [-0.3, -0.25) is 4.79 Å². The molecule has 15 heavy (non-hydrogen) atoms. The van der Waals surface area contributed by atoms with Crippen molar-refractivity contribution in [3.63, 3.8) is 0 Å². The van der Waals surface area contributed by atoms with Gasteiger partial charge in [-0.1, -0.05) is 6.92 Å². The first-order valence-corrected chi connectivity index (χ1v) is 5.46. The summed E-state index contributed by atoms with van der Waals surface area (Å²) < 4.78 is 5.42. The molecular weight excluding hydrogens is 192 g/mol. The predicted octanol–water partition coefficient (Wildman–Crippen LogP) is 0.751. The van der Waals surface area contributed by atoms with Gasteiger partial charge in [-0.2, -0.15) is 0 Å². The quantitative estimate of drug-likeness (QED) is 0.754. The van der Waals surface area contributed by atoms with E-state index in [1.165, 1.54) is 0 Å². The second-order valence-electron chi connectivity index (χ2n) is 5.37. The molecule has 2 N–H and O–H groups in total. The van der Waals surface area contributed by atoms with Crippen LogP contribution in [0.2, 0.25) is 0 Å². The highest BCUT2D eigenvalue weighted by Gasteiger charge is 2.40. The van der Waals surface area contributed by atoms with E-state index in [9.17, 15) is 4.79 Å². The highest BCUT2D eigenvalue weighted by molar-refractivity contribution is 5.78. The van der Waals surface area contributed by atoms with E-state index in [2.05, 4.69) is 0 Å². The number of rotatable bonds is 3. The van der Waals surface area contributed by atoms with E-state index in [4.69, 9.17) is 10.5 Å². The summed E-state index contributed by atoms with van der Waals surface area (Å²) in [6.07, 6.45) is 0.914. The molecule has 1 fully saturated rings. The fourth-order valence-corrected chi connectivity index (χ4v) is 1.48. The second kappa shape index (κ2) is 4.10. The molecule has 1 saturated heterocycles. The Morgan fingerprint density at radius 3 is 2.40 bits per heavy atom. The highest BCUT2D eigenvalue weighted by atomic mass is 16.5. The largest absolute Gasteiger partial charge is 0.366 e. The average Bonchev–Trinajstić information content (AvgIpc) is 2.08. The van der Waals surface area contributed by atoms with Crippen molar-refractivity contribution in [1.82, 2.24) is 4.90 Å². The number of amides is 1. The van der Waals surface area contributed by atoms with Gasteiger partial charge in [-0.05, 0) is 27.2 Å². The number of carbonyl (C=O) groups is 1. The van der Waals surface area contributed by atoms with Crippen LogP contribution in [0.5, 0.6) is 0 Å². The lowest BCUT2D eigenvalue weighted by atomic mass is 9.88. The van der Waals surface area contributed by atoms with Crippen LogP contribution < -0.4 is 5.73 Å². The monoisotopic (exact) mass is 214 g/mol. The minimum Gasteiger partial charge on any atom is -0.366 e. The summed E-state index contributed by atoms with van der Waals surface area (Å²) in [5, 5.41) is 0. The number of hydrogen-bond acceptors (Lipinski definition) is 3. The standard InChI is InChI=1S/C11H22N2O2/c1-5-11(12)7-13(8-11)9(14)6-15-10(2,3)4/h5-8,12H2,1-4H3. The number of likely N-dealkylation sites (tertiary alicyclic amines) is 1. The minimum atomic E-state index is -0.259. The zero-order valence-electron chi connectivity index (χ0n) is 10.2. The molecule has 0 aromatic heterocycles. The van der Waals surface area contributed by atoms with Gasteiger partial charge in [0.15, 0.2) is 0 Å². The molecule has 1 heterocycles. The van der Waals surface area contributed by atoms with E-state index in [0.29, 0.717) is 13.1 Å². The minimum absolute atomic E-state index is 0.0412. The molecule has 0 atom stereocenters. The van der Waals surface area contributed by atoms with E-state index in [-0.39, 0.29) is 23.7 Å². The van der Waals surface area contributed by atoms with Crippen LogP contribution in [0.15, 0.2) is 0 Å². The molecule has 0 unspecified atom stereocenters. The fourth-order valence-electron chi connectivity index (χ4n) is 1.48. The molecule has 1 amide bonds. The molecule has 0 bridgehead atoms. The molecule has 1 aliphatic heterocycles. The van der Waals surface area contributed by atoms with E-state index in [1.807, 2.05) is 27.7 Å². The van der Waals surface area contributed by atoms with Gasteiger partial charge in [-0.15, -0.1) is 0 Å². The van der Waals surface area contributed by atoms with Crippen LogP contribution in [0.3, 0.4) is 0 Å². The normalized spacial score (nSPS) is 19.9. The van der Waals surface area contributed by atoms with Crippen molar-refractivity contribution < 1.29 is 9.53 Å². The van der Waals surface area contributed by atoms with Gasteiger partial charge in [-0.25, -0.2) is 0 Å². The average molecular weight is 214 g/mol. The molecule has 1 aliphatic rings. The van der Waals surface area contributed by atoms with Gasteiger partial charge >= 0.3 is 0 Å². The number of nitrogens with zero attached hydrogens (tertiary/aromatic N) is 1. The Balaban J connectivity index is 2.27. The molecule has 4 heteroatoms. The molecule has 0 aromatic carbocycles. The third kappa shape index (κ3) is 3.47. The summed E-state index contributed by atoms with van der Waals surface area (Å²) in [7, 11) is 0. The summed E-state index contributed by atoms with van der Waals surface area (Å²) in [6.45, 7) is 9.35. The van der Waals surface area contributed by atoms with Gasteiger partial charge in [0.05, 0.1) is 11.1 Å². The van der Waals surface area contributed by atoms with Gasteiger partial charge < -0.3 is 15.4 Å². The van der Waals surface area contributed by atoms with E-state index >= 15 is 0 Å². The molecule has 1 rings (SSSR count). The molecule has 88 valence electrons. The summed E-state index contributed by atoms with van der Waals surface area (Å²) in [6, 6.07) is 0. The van der Waals surface area contributed by atoms with Crippen molar-refractivity contribution in [2.75, 3.05) is 19.7 Å². The van der Waals surface area contributed by atoms with Crippen LogP contribution in [0.4, 0.5) is 0 Å². The Morgan fingerprint density at radius 1 is 1.47 bits per heavy atom. The van der Waals surface area contributed by atoms with Crippen LogP contribution in [-0.2, 0) is 9.53 Å². The van der Waals surface area contributed by atoms with Crippen molar-refractivity contribution in [1.29, 1.82) is 0 Å². The van der Waals surface area contributed by atoms with Crippen LogP contribution in [-0.4, -0.2) is 41.6 Å². The van der Waals surface area contributed by atoms with E-state index in [0.717, 1.165) is 6.42 Å². The first-order chi connectivity index (χ1) is 6.76. The molecule has 0 spiro atoms. The number of nitrogens with two attached hydrogens (primary N) is 1. The Morgan fingerprint density at radius 2 is 2.00 bits per heavy atom. The zero-order valence-corrected chi connectivity index (χ0v) is 10.2. The molecule has 0 radical (unpaired) electrons. The maximum absolute atomic E-state index is 11.6. The first-order valence-electron chi connectivity index (χ1n) is 5.46. The Labute approximate surface area is 91.8 Å². The predicted molar refractivity (Wildman–Crippen MR) is 59.5 cm³/mol. The lowest BCUT2D eigenvalue weighted by Gasteiger charge is -2.47.